The van der Waals surface area contributed by atoms with E-state index in [0.29, 0.717) is 19.0 Å². The summed E-state index contributed by atoms with van der Waals surface area (Å²) in [4.78, 5) is 15.3. The SMILES string of the molecule is CCn1nc(-c2ccccc2)cc1NC(=O)NC1CN(CCOC)CC1c1ccccc1. The Hall–Kier alpha value is -3.16. The van der Waals surface area contributed by atoms with Crippen LogP contribution in [0.15, 0.2) is 66.7 Å². The van der Waals surface area contributed by atoms with Crippen molar-refractivity contribution in [2.45, 2.75) is 25.4 Å². The first-order chi connectivity index (χ1) is 15.7. The Morgan fingerprint density at radius 1 is 1.09 bits per heavy atom. The number of aryl methyl sites for hydroxylation is 1. The number of aromatic nitrogens is 2. The lowest BCUT2D eigenvalue weighted by atomic mass is 9.94. The first-order valence-electron chi connectivity index (χ1n) is 11.1. The van der Waals surface area contributed by atoms with Crippen LogP contribution in [0, 0.1) is 0 Å². The van der Waals surface area contributed by atoms with E-state index in [1.807, 2.05) is 54.1 Å². The average Bonchev–Trinajstić information content (AvgIpc) is 3.42. The van der Waals surface area contributed by atoms with Crippen LogP contribution in [0.4, 0.5) is 10.6 Å². The summed E-state index contributed by atoms with van der Waals surface area (Å²) in [6, 6.07) is 22.1. The molecule has 2 aromatic carbocycles. The third kappa shape index (κ3) is 5.18. The number of benzene rings is 2. The van der Waals surface area contributed by atoms with Gasteiger partial charge in [0.05, 0.1) is 18.3 Å². The third-order valence-corrected chi connectivity index (χ3v) is 5.94. The van der Waals surface area contributed by atoms with Crippen LogP contribution < -0.4 is 10.6 Å². The Labute approximate surface area is 189 Å². The highest BCUT2D eigenvalue weighted by Gasteiger charge is 2.34. The van der Waals surface area contributed by atoms with Crippen LogP contribution in [0.25, 0.3) is 11.3 Å². The number of likely N-dealkylation sites (tertiary alicyclic amines) is 1. The molecule has 2 N–H and O–H groups in total. The van der Waals surface area contributed by atoms with Gasteiger partial charge < -0.3 is 10.1 Å². The second kappa shape index (κ2) is 10.4. The Morgan fingerprint density at radius 3 is 2.50 bits per heavy atom. The maximum Gasteiger partial charge on any atom is 0.320 e. The van der Waals surface area contributed by atoms with Crippen molar-refractivity contribution < 1.29 is 9.53 Å². The summed E-state index contributed by atoms with van der Waals surface area (Å²) >= 11 is 0. The van der Waals surface area contributed by atoms with Crippen molar-refractivity contribution in [3.05, 3.63) is 72.3 Å². The highest BCUT2D eigenvalue weighted by molar-refractivity contribution is 5.89. The van der Waals surface area contributed by atoms with Gasteiger partial charge in [-0.1, -0.05) is 60.7 Å². The van der Waals surface area contributed by atoms with Crippen LogP contribution >= 0.6 is 0 Å². The first-order valence-corrected chi connectivity index (χ1v) is 11.1. The molecule has 7 heteroatoms. The Balaban J connectivity index is 1.47. The van der Waals surface area contributed by atoms with E-state index in [9.17, 15) is 4.79 Å². The number of hydrogen-bond donors (Lipinski definition) is 2. The molecule has 0 aliphatic carbocycles. The molecule has 0 saturated carbocycles. The van der Waals surface area contributed by atoms with Crippen LogP contribution in [-0.2, 0) is 11.3 Å². The van der Waals surface area contributed by atoms with Crippen LogP contribution in [0.5, 0.6) is 0 Å². The molecule has 4 rings (SSSR count). The summed E-state index contributed by atoms with van der Waals surface area (Å²) in [5.41, 5.74) is 3.11. The van der Waals surface area contributed by atoms with Crippen LogP contribution in [0.1, 0.15) is 18.4 Å². The number of carbonyl (C=O) groups is 1. The van der Waals surface area contributed by atoms with Gasteiger partial charge in [0.25, 0.3) is 0 Å². The van der Waals surface area contributed by atoms with Crippen molar-refractivity contribution in [3.63, 3.8) is 0 Å². The van der Waals surface area contributed by atoms with Gasteiger partial charge in [-0.3, -0.25) is 10.2 Å². The zero-order valence-corrected chi connectivity index (χ0v) is 18.7. The van der Waals surface area contributed by atoms with E-state index in [1.54, 1.807) is 7.11 Å². The number of nitrogens with zero attached hydrogens (tertiary/aromatic N) is 3. The summed E-state index contributed by atoms with van der Waals surface area (Å²) in [6.45, 7) is 5.90. The molecule has 1 fully saturated rings. The molecule has 32 heavy (non-hydrogen) atoms. The standard InChI is InChI=1S/C25H31N5O2/c1-3-30-24(16-22(28-30)20-12-8-5-9-13-20)27-25(31)26-23-18-29(14-15-32-2)17-21(23)19-10-6-4-7-11-19/h4-13,16,21,23H,3,14-15,17-18H2,1-2H3,(H2,26,27,31). The number of hydrogen-bond acceptors (Lipinski definition) is 4. The third-order valence-electron chi connectivity index (χ3n) is 5.94. The van der Waals surface area contributed by atoms with Gasteiger partial charge in [-0.25, -0.2) is 9.48 Å². The van der Waals surface area contributed by atoms with Crippen molar-refractivity contribution in [2.24, 2.45) is 0 Å². The minimum atomic E-state index is -0.210. The maximum atomic E-state index is 13.0. The summed E-state index contributed by atoms with van der Waals surface area (Å²) < 4.78 is 7.07. The van der Waals surface area contributed by atoms with E-state index in [4.69, 9.17) is 4.74 Å². The molecular formula is C25H31N5O2. The van der Waals surface area contributed by atoms with Gasteiger partial charge in [-0.05, 0) is 12.5 Å². The van der Waals surface area contributed by atoms with E-state index in [2.05, 4.69) is 44.9 Å². The molecule has 1 aromatic heterocycles. The molecule has 0 spiro atoms. The summed E-state index contributed by atoms with van der Waals surface area (Å²) in [6.07, 6.45) is 0. The van der Waals surface area contributed by atoms with Gasteiger partial charge in [-0.2, -0.15) is 5.10 Å². The van der Waals surface area contributed by atoms with E-state index < -0.39 is 0 Å². The topological polar surface area (TPSA) is 71.4 Å². The molecule has 7 nitrogen and oxygen atoms in total. The van der Waals surface area contributed by atoms with Crippen LogP contribution in [0.2, 0.25) is 0 Å². The van der Waals surface area contributed by atoms with Gasteiger partial charge in [0.2, 0.25) is 0 Å². The molecule has 1 aliphatic rings. The minimum Gasteiger partial charge on any atom is -0.383 e. The number of carbonyl (C=O) groups excluding carboxylic acids is 1. The largest absolute Gasteiger partial charge is 0.383 e. The quantitative estimate of drug-likeness (QED) is 0.567. The minimum absolute atomic E-state index is 0.0147. The van der Waals surface area contributed by atoms with Crippen molar-refractivity contribution in [2.75, 3.05) is 38.7 Å². The monoisotopic (exact) mass is 433 g/mol. The lowest BCUT2D eigenvalue weighted by Gasteiger charge is -2.20. The molecule has 1 aliphatic heterocycles. The van der Waals surface area contributed by atoms with E-state index in [-0.39, 0.29) is 18.0 Å². The number of urea groups is 1. The number of ether oxygens (including phenoxy) is 1. The summed E-state index contributed by atoms with van der Waals surface area (Å²) in [7, 11) is 1.72. The Bertz CT molecular complexity index is 1010. The molecule has 0 bridgehead atoms. The second-order valence-electron chi connectivity index (χ2n) is 8.07. The normalized spacial score (nSPS) is 18.6. The zero-order chi connectivity index (χ0) is 22.3. The fourth-order valence-electron chi connectivity index (χ4n) is 4.30. The first kappa shape index (κ1) is 22.0. The number of rotatable bonds is 8. The lowest BCUT2D eigenvalue weighted by molar-refractivity contribution is 0.159. The molecule has 168 valence electrons. The Morgan fingerprint density at radius 2 is 1.81 bits per heavy atom. The highest BCUT2D eigenvalue weighted by atomic mass is 16.5. The molecule has 2 unspecified atom stereocenters. The molecule has 1 saturated heterocycles. The zero-order valence-electron chi connectivity index (χ0n) is 18.7. The van der Waals surface area contributed by atoms with E-state index in [1.165, 1.54) is 5.56 Å². The average molecular weight is 434 g/mol. The molecule has 2 amide bonds. The molecule has 0 radical (unpaired) electrons. The molecule has 2 heterocycles. The van der Waals surface area contributed by atoms with E-state index in [0.717, 1.165) is 30.9 Å². The molecule has 2 atom stereocenters. The van der Waals surface area contributed by atoms with E-state index >= 15 is 0 Å². The predicted molar refractivity (Wildman–Crippen MR) is 127 cm³/mol. The van der Waals surface area contributed by atoms with Crippen LogP contribution in [0.3, 0.4) is 0 Å². The van der Waals surface area contributed by atoms with Gasteiger partial charge in [0, 0.05) is 50.8 Å². The fraction of sp³-hybridized carbons (Fsp3) is 0.360. The summed E-state index contributed by atoms with van der Waals surface area (Å²) in [5.74, 6) is 0.920. The van der Waals surface area contributed by atoms with Crippen LogP contribution in [-0.4, -0.2) is 60.1 Å². The van der Waals surface area contributed by atoms with Crippen molar-refractivity contribution >= 4 is 11.8 Å². The van der Waals surface area contributed by atoms with Crippen molar-refractivity contribution in [1.82, 2.24) is 20.0 Å². The Kier molecular flexibility index (Phi) is 7.19. The molecule has 3 aromatic rings. The second-order valence-corrected chi connectivity index (χ2v) is 8.07. The number of nitrogens with one attached hydrogen (secondary N) is 2. The number of amides is 2. The van der Waals surface area contributed by atoms with Gasteiger partial charge in [-0.15, -0.1) is 0 Å². The van der Waals surface area contributed by atoms with Crippen molar-refractivity contribution in [3.8, 4) is 11.3 Å². The number of anilines is 1. The predicted octanol–water partition coefficient (Wildman–Crippen LogP) is 3.81. The maximum absolute atomic E-state index is 13.0. The van der Waals surface area contributed by atoms with Gasteiger partial charge >= 0.3 is 6.03 Å². The van der Waals surface area contributed by atoms with Crippen molar-refractivity contribution in [1.29, 1.82) is 0 Å². The summed E-state index contributed by atoms with van der Waals surface area (Å²) in [5, 5.41) is 10.9. The van der Waals surface area contributed by atoms with Gasteiger partial charge in [0.15, 0.2) is 0 Å². The fourth-order valence-corrected chi connectivity index (χ4v) is 4.30. The van der Waals surface area contributed by atoms with Gasteiger partial charge in [0.1, 0.15) is 5.82 Å². The smallest absolute Gasteiger partial charge is 0.320 e. The highest BCUT2D eigenvalue weighted by Crippen LogP contribution is 2.28. The number of methoxy groups -OCH3 is 1. The molecular weight excluding hydrogens is 402 g/mol. The lowest BCUT2D eigenvalue weighted by Crippen LogP contribution is -2.42.